The maximum absolute atomic E-state index is 11.7. The first kappa shape index (κ1) is 11.2. The third-order valence-corrected chi connectivity index (χ3v) is 4.64. The number of thioether (sulfide) groups is 1. The van der Waals surface area contributed by atoms with Crippen LogP contribution in [-0.2, 0) is 23.9 Å². The normalized spacial score (nSPS) is 43.0. The Bertz CT molecular complexity index is 407. The van der Waals surface area contributed by atoms with E-state index in [2.05, 4.69) is 0 Å². The largest absolute Gasteiger partial charge is 0.466 e. The van der Waals surface area contributed by atoms with Crippen molar-refractivity contribution in [3.05, 3.63) is 0 Å². The van der Waals surface area contributed by atoms with Crippen LogP contribution in [0.15, 0.2) is 0 Å². The van der Waals surface area contributed by atoms with Gasteiger partial charge in [0.25, 0.3) is 0 Å². The SMILES string of the molecule is CCOC(=O)[C@@H]1C[C@H]2O[C@@H]1[C@@H]1C(=O)SC(=O)[C@@H]12. The number of carbonyl (C=O) groups excluding carboxylic acids is 3. The Labute approximate surface area is 102 Å². The van der Waals surface area contributed by atoms with Crippen LogP contribution in [0.25, 0.3) is 0 Å². The van der Waals surface area contributed by atoms with E-state index in [4.69, 9.17) is 9.47 Å². The summed E-state index contributed by atoms with van der Waals surface area (Å²) in [5.41, 5.74) is 0. The van der Waals surface area contributed by atoms with E-state index in [0.29, 0.717) is 13.0 Å². The minimum absolute atomic E-state index is 0.102. The fourth-order valence-electron chi connectivity index (χ4n) is 3.03. The van der Waals surface area contributed by atoms with Crippen molar-refractivity contribution in [1.82, 2.24) is 0 Å². The van der Waals surface area contributed by atoms with Gasteiger partial charge in [0.1, 0.15) is 0 Å². The minimum atomic E-state index is -0.449. The molecule has 3 fully saturated rings. The monoisotopic (exact) mass is 256 g/mol. The molecule has 0 spiro atoms. The van der Waals surface area contributed by atoms with Crippen LogP contribution in [0.1, 0.15) is 13.3 Å². The Kier molecular flexibility index (Phi) is 2.52. The molecule has 5 nitrogen and oxygen atoms in total. The van der Waals surface area contributed by atoms with Crippen molar-refractivity contribution in [2.75, 3.05) is 6.61 Å². The van der Waals surface area contributed by atoms with Gasteiger partial charge in [-0.1, -0.05) is 0 Å². The quantitative estimate of drug-likeness (QED) is 0.665. The lowest BCUT2D eigenvalue weighted by atomic mass is 9.75. The zero-order chi connectivity index (χ0) is 12.2. The highest BCUT2D eigenvalue weighted by molar-refractivity contribution is 8.26. The van der Waals surface area contributed by atoms with Crippen LogP contribution in [-0.4, -0.2) is 35.0 Å². The van der Waals surface area contributed by atoms with Crippen molar-refractivity contribution in [2.24, 2.45) is 17.8 Å². The van der Waals surface area contributed by atoms with Crippen LogP contribution in [0.4, 0.5) is 0 Å². The van der Waals surface area contributed by atoms with Crippen LogP contribution < -0.4 is 0 Å². The molecule has 0 amide bonds. The maximum atomic E-state index is 11.7. The minimum Gasteiger partial charge on any atom is -0.466 e. The van der Waals surface area contributed by atoms with Gasteiger partial charge in [-0.15, -0.1) is 0 Å². The van der Waals surface area contributed by atoms with Crippen molar-refractivity contribution in [2.45, 2.75) is 25.6 Å². The molecule has 0 aromatic rings. The standard InChI is InChI=1S/C11H12O5S/c1-2-15-9(12)4-3-5-6-7(8(4)16-5)11(14)17-10(6)13/h4-8H,2-3H2,1H3/t4-,5-,6-,7-,8+/m1/s1. The Balaban J connectivity index is 1.82. The number of carbonyl (C=O) groups is 3. The van der Waals surface area contributed by atoms with Crippen molar-refractivity contribution in [1.29, 1.82) is 0 Å². The lowest BCUT2D eigenvalue weighted by molar-refractivity contribution is -0.151. The molecule has 3 aliphatic heterocycles. The second kappa shape index (κ2) is 3.81. The average Bonchev–Trinajstić information content (AvgIpc) is 2.91. The predicted molar refractivity (Wildman–Crippen MR) is 58.0 cm³/mol. The van der Waals surface area contributed by atoms with Gasteiger partial charge in [0, 0.05) is 0 Å². The zero-order valence-electron chi connectivity index (χ0n) is 9.25. The van der Waals surface area contributed by atoms with Gasteiger partial charge in [-0.3, -0.25) is 14.4 Å². The zero-order valence-corrected chi connectivity index (χ0v) is 10.1. The van der Waals surface area contributed by atoms with Crippen molar-refractivity contribution in [3.8, 4) is 0 Å². The van der Waals surface area contributed by atoms with E-state index in [1.165, 1.54) is 0 Å². The molecule has 0 aliphatic carbocycles. The highest BCUT2D eigenvalue weighted by Crippen LogP contribution is 2.53. The summed E-state index contributed by atoms with van der Waals surface area (Å²) < 4.78 is 10.6. The van der Waals surface area contributed by atoms with Crippen molar-refractivity contribution < 1.29 is 23.9 Å². The molecule has 17 heavy (non-hydrogen) atoms. The summed E-state index contributed by atoms with van der Waals surface area (Å²) in [6.07, 6.45) is -0.217. The molecule has 3 aliphatic rings. The average molecular weight is 256 g/mol. The third-order valence-electron chi connectivity index (χ3n) is 3.69. The van der Waals surface area contributed by atoms with Crippen molar-refractivity contribution in [3.63, 3.8) is 0 Å². The van der Waals surface area contributed by atoms with Gasteiger partial charge >= 0.3 is 5.97 Å². The van der Waals surface area contributed by atoms with E-state index in [0.717, 1.165) is 11.8 Å². The molecule has 0 aromatic heterocycles. The van der Waals surface area contributed by atoms with E-state index in [9.17, 15) is 14.4 Å². The topological polar surface area (TPSA) is 69.7 Å². The number of esters is 1. The molecule has 0 N–H and O–H groups in total. The summed E-state index contributed by atoms with van der Waals surface area (Å²) in [6, 6.07) is 0. The van der Waals surface area contributed by atoms with Gasteiger partial charge in [0.15, 0.2) is 0 Å². The molecule has 2 bridgehead atoms. The van der Waals surface area contributed by atoms with Crippen LogP contribution in [0.2, 0.25) is 0 Å². The molecule has 6 heteroatoms. The summed E-state index contributed by atoms with van der Waals surface area (Å²) in [4.78, 5) is 35.0. The van der Waals surface area contributed by atoms with Gasteiger partial charge in [0.2, 0.25) is 10.2 Å². The van der Waals surface area contributed by atoms with Crippen LogP contribution in [0.5, 0.6) is 0 Å². The molecule has 3 heterocycles. The summed E-state index contributed by atoms with van der Waals surface area (Å²) >= 11 is 0.777. The maximum Gasteiger partial charge on any atom is 0.311 e. The lowest BCUT2D eigenvalue weighted by Crippen LogP contribution is -2.39. The lowest BCUT2D eigenvalue weighted by Gasteiger charge is -2.23. The molecular weight excluding hydrogens is 244 g/mol. The smallest absolute Gasteiger partial charge is 0.311 e. The van der Waals surface area contributed by atoms with Crippen LogP contribution in [0.3, 0.4) is 0 Å². The van der Waals surface area contributed by atoms with E-state index < -0.39 is 12.0 Å². The van der Waals surface area contributed by atoms with Gasteiger partial charge in [-0.25, -0.2) is 0 Å². The second-order valence-electron chi connectivity index (χ2n) is 4.53. The summed E-state index contributed by atoms with van der Waals surface area (Å²) in [7, 11) is 0. The van der Waals surface area contributed by atoms with Gasteiger partial charge in [0.05, 0.1) is 36.6 Å². The van der Waals surface area contributed by atoms with Crippen molar-refractivity contribution >= 4 is 28.0 Å². The van der Waals surface area contributed by atoms with E-state index in [1.54, 1.807) is 6.92 Å². The first-order chi connectivity index (χ1) is 8.13. The number of hydrogen-bond acceptors (Lipinski definition) is 6. The fourth-order valence-corrected chi connectivity index (χ4v) is 4.08. The Hall–Kier alpha value is -0.880. The van der Waals surface area contributed by atoms with Crippen LogP contribution >= 0.6 is 11.8 Å². The molecule has 0 saturated carbocycles. The second-order valence-corrected chi connectivity index (χ2v) is 5.53. The number of fused-ring (bicyclic) bond motifs is 5. The molecule has 5 atom stereocenters. The molecule has 92 valence electrons. The fraction of sp³-hybridized carbons (Fsp3) is 0.727. The number of hydrogen-bond donors (Lipinski definition) is 0. The van der Waals surface area contributed by atoms with E-state index >= 15 is 0 Å². The molecule has 3 rings (SSSR count). The molecule has 3 saturated heterocycles. The molecule has 0 unspecified atom stereocenters. The predicted octanol–water partition coefficient (Wildman–Crippen LogP) is 0.369. The molecule has 0 aromatic carbocycles. The number of ether oxygens (including phenoxy) is 2. The first-order valence-corrected chi connectivity index (χ1v) is 6.52. The van der Waals surface area contributed by atoms with Gasteiger partial charge in [-0.05, 0) is 25.1 Å². The molecular formula is C11H12O5S. The van der Waals surface area contributed by atoms with Gasteiger partial charge < -0.3 is 9.47 Å². The summed E-state index contributed by atoms with van der Waals surface area (Å²) in [5.74, 6) is -1.45. The summed E-state index contributed by atoms with van der Waals surface area (Å²) in [6.45, 7) is 2.07. The Morgan fingerprint density at radius 1 is 1.41 bits per heavy atom. The van der Waals surface area contributed by atoms with E-state index in [1.807, 2.05) is 0 Å². The van der Waals surface area contributed by atoms with Crippen LogP contribution in [0, 0.1) is 17.8 Å². The first-order valence-electron chi connectivity index (χ1n) is 5.71. The summed E-state index contributed by atoms with van der Waals surface area (Å²) in [5, 5.41) is -0.253. The highest BCUT2D eigenvalue weighted by atomic mass is 32.2. The van der Waals surface area contributed by atoms with E-state index in [-0.39, 0.29) is 34.1 Å². The number of rotatable bonds is 2. The highest BCUT2D eigenvalue weighted by Gasteiger charge is 2.64. The molecule has 0 radical (unpaired) electrons. The Morgan fingerprint density at radius 3 is 2.82 bits per heavy atom. The third kappa shape index (κ3) is 1.47. The van der Waals surface area contributed by atoms with Gasteiger partial charge in [-0.2, -0.15) is 0 Å². The Morgan fingerprint density at radius 2 is 2.12 bits per heavy atom.